The standard InChI is InChI=1S/C20H32F3N7O4/c1-2-3-4-5-15(13-29(34)14-32)18(33)30(24)19-25-12-16(17(26-19)20(21,22)23)28-8-6-27(7-9-28)10-11-31/h12,14-15,31,34H,2-11,13,24H2,1H3/t15-/m1/s1. The van der Waals surface area contributed by atoms with Crippen molar-refractivity contribution in [3.63, 3.8) is 0 Å². The first-order chi connectivity index (χ1) is 16.1. The van der Waals surface area contributed by atoms with Crippen molar-refractivity contribution in [1.82, 2.24) is 19.9 Å². The van der Waals surface area contributed by atoms with Crippen LogP contribution in [-0.4, -0.2) is 88.4 Å². The average Bonchev–Trinajstić information content (AvgIpc) is 2.82. The van der Waals surface area contributed by atoms with Crippen LogP contribution >= 0.6 is 0 Å². The van der Waals surface area contributed by atoms with Gasteiger partial charge >= 0.3 is 6.18 Å². The van der Waals surface area contributed by atoms with E-state index in [4.69, 9.17) is 10.9 Å². The first-order valence-electron chi connectivity index (χ1n) is 11.1. The molecule has 2 amide bonds. The fourth-order valence-corrected chi connectivity index (χ4v) is 3.77. The lowest BCUT2D eigenvalue weighted by molar-refractivity contribution is -0.154. The fourth-order valence-electron chi connectivity index (χ4n) is 3.77. The molecule has 0 aromatic carbocycles. The van der Waals surface area contributed by atoms with Crippen molar-refractivity contribution in [2.24, 2.45) is 11.8 Å². The van der Waals surface area contributed by atoms with Crippen LogP contribution in [0.2, 0.25) is 0 Å². The second-order valence-corrected chi connectivity index (χ2v) is 8.08. The number of piperazine rings is 1. The number of rotatable bonds is 12. The highest BCUT2D eigenvalue weighted by Gasteiger charge is 2.39. The van der Waals surface area contributed by atoms with E-state index in [9.17, 15) is 28.0 Å². The molecule has 0 unspecified atom stereocenters. The first-order valence-corrected chi connectivity index (χ1v) is 11.1. The summed E-state index contributed by atoms with van der Waals surface area (Å²) < 4.78 is 41.5. The maximum Gasteiger partial charge on any atom is 0.435 e. The van der Waals surface area contributed by atoms with Gasteiger partial charge in [0.05, 0.1) is 31.0 Å². The predicted octanol–water partition coefficient (Wildman–Crippen LogP) is 0.861. The summed E-state index contributed by atoms with van der Waals surface area (Å²) in [5.41, 5.74) is -1.43. The van der Waals surface area contributed by atoms with Crippen molar-refractivity contribution in [1.29, 1.82) is 0 Å². The Labute approximate surface area is 195 Å². The van der Waals surface area contributed by atoms with Gasteiger partial charge in [0.2, 0.25) is 18.3 Å². The molecule has 1 aliphatic heterocycles. The van der Waals surface area contributed by atoms with Gasteiger partial charge in [0.25, 0.3) is 0 Å². The number of β-amino-alcohol motifs (C(OH)–C–C–N with tert-alkyl or cyclic N) is 1. The monoisotopic (exact) mass is 491 g/mol. The highest BCUT2D eigenvalue weighted by molar-refractivity contribution is 5.92. The van der Waals surface area contributed by atoms with E-state index >= 15 is 0 Å². The number of nitrogens with zero attached hydrogens (tertiary/aromatic N) is 6. The van der Waals surface area contributed by atoms with E-state index in [1.54, 1.807) is 0 Å². The zero-order chi connectivity index (χ0) is 25.3. The molecule has 0 bridgehead atoms. The number of nitrogens with two attached hydrogens (primary N) is 1. The average molecular weight is 492 g/mol. The summed E-state index contributed by atoms with van der Waals surface area (Å²) in [6, 6.07) is 0. The van der Waals surface area contributed by atoms with Crippen LogP contribution in [0.15, 0.2) is 6.20 Å². The molecule has 1 atom stereocenters. The Morgan fingerprint density at radius 1 is 1.29 bits per heavy atom. The molecule has 2 heterocycles. The lowest BCUT2D eigenvalue weighted by Gasteiger charge is -2.36. The minimum absolute atomic E-state index is 0.0354. The summed E-state index contributed by atoms with van der Waals surface area (Å²) in [7, 11) is 0. The molecule has 11 nitrogen and oxygen atoms in total. The summed E-state index contributed by atoms with van der Waals surface area (Å²) in [5, 5.41) is 19.3. The molecule has 2 rings (SSSR count). The van der Waals surface area contributed by atoms with Crippen LogP contribution in [0.5, 0.6) is 0 Å². The Bertz CT molecular complexity index is 807. The van der Waals surface area contributed by atoms with Gasteiger partial charge in [-0.2, -0.15) is 13.2 Å². The summed E-state index contributed by atoms with van der Waals surface area (Å²) in [5.74, 6) is 3.43. The summed E-state index contributed by atoms with van der Waals surface area (Å²) >= 11 is 0. The second kappa shape index (κ2) is 12.8. The molecule has 1 saturated heterocycles. The van der Waals surface area contributed by atoms with Crippen molar-refractivity contribution in [2.45, 2.75) is 38.8 Å². The molecular weight excluding hydrogens is 459 g/mol. The summed E-state index contributed by atoms with van der Waals surface area (Å²) in [6.45, 7) is 3.51. The van der Waals surface area contributed by atoms with Crippen molar-refractivity contribution in [3.05, 3.63) is 11.9 Å². The predicted molar refractivity (Wildman–Crippen MR) is 117 cm³/mol. The third kappa shape index (κ3) is 7.48. The number of carbonyl (C=O) groups excluding carboxylic acids is 2. The molecule has 0 spiro atoms. The van der Waals surface area contributed by atoms with Gasteiger partial charge in [-0.1, -0.05) is 26.2 Å². The Morgan fingerprint density at radius 3 is 2.53 bits per heavy atom. The first kappa shape index (κ1) is 27.7. The number of aromatic nitrogens is 2. The van der Waals surface area contributed by atoms with Crippen molar-refractivity contribution in [2.75, 3.05) is 55.8 Å². The molecular formula is C20H32F3N7O4. The van der Waals surface area contributed by atoms with Crippen LogP contribution in [-0.2, 0) is 15.8 Å². The lowest BCUT2D eigenvalue weighted by atomic mass is 10.00. The topological polar surface area (TPSA) is 139 Å². The van der Waals surface area contributed by atoms with Gasteiger partial charge in [0.15, 0.2) is 5.69 Å². The number of aliphatic hydroxyl groups is 1. The van der Waals surface area contributed by atoms with Gasteiger partial charge in [-0.3, -0.25) is 19.7 Å². The number of anilines is 2. The van der Waals surface area contributed by atoms with Crippen LogP contribution in [0.25, 0.3) is 0 Å². The third-order valence-corrected chi connectivity index (χ3v) is 5.64. The van der Waals surface area contributed by atoms with Gasteiger partial charge in [-0.25, -0.2) is 25.9 Å². The van der Waals surface area contributed by atoms with Crippen LogP contribution in [0.1, 0.15) is 38.3 Å². The SMILES string of the molecule is CCCCC[C@H](CN(O)C=O)C(=O)N(N)c1ncc(N2CCN(CCO)CC2)c(C(F)(F)F)n1. The largest absolute Gasteiger partial charge is 0.435 e. The summed E-state index contributed by atoms with van der Waals surface area (Å²) in [4.78, 5) is 34.6. The van der Waals surface area contributed by atoms with Crippen LogP contribution in [0.3, 0.4) is 0 Å². The Hall–Kier alpha value is -2.55. The normalized spacial score (nSPS) is 15.8. The van der Waals surface area contributed by atoms with Crippen LogP contribution in [0, 0.1) is 5.92 Å². The van der Waals surface area contributed by atoms with Crippen molar-refractivity contribution in [3.8, 4) is 0 Å². The minimum atomic E-state index is -4.82. The molecule has 1 aliphatic rings. The summed E-state index contributed by atoms with van der Waals surface area (Å²) in [6.07, 6.45) is -1.17. The zero-order valence-corrected chi connectivity index (χ0v) is 19.1. The number of halogens is 3. The molecule has 4 N–H and O–H groups in total. The van der Waals surface area contributed by atoms with Crippen LogP contribution < -0.4 is 15.8 Å². The second-order valence-electron chi connectivity index (χ2n) is 8.08. The number of amides is 2. The molecule has 192 valence electrons. The number of hydroxylamine groups is 2. The van der Waals surface area contributed by atoms with E-state index in [2.05, 4.69) is 9.97 Å². The molecule has 0 saturated carbocycles. The zero-order valence-electron chi connectivity index (χ0n) is 19.1. The van der Waals surface area contributed by atoms with E-state index < -0.39 is 29.6 Å². The molecule has 1 aromatic heterocycles. The molecule has 1 aromatic rings. The van der Waals surface area contributed by atoms with Gasteiger partial charge in [0, 0.05) is 32.7 Å². The van der Waals surface area contributed by atoms with Crippen LogP contribution in [0.4, 0.5) is 24.8 Å². The maximum absolute atomic E-state index is 13.8. The Kier molecular flexibility index (Phi) is 10.4. The van der Waals surface area contributed by atoms with Gasteiger partial charge in [-0.15, -0.1) is 0 Å². The minimum Gasteiger partial charge on any atom is -0.395 e. The molecule has 0 aliphatic carbocycles. The lowest BCUT2D eigenvalue weighted by Crippen LogP contribution is -2.48. The molecule has 14 heteroatoms. The van der Waals surface area contributed by atoms with E-state index in [1.807, 2.05) is 11.8 Å². The molecule has 1 fully saturated rings. The van der Waals surface area contributed by atoms with Crippen molar-refractivity contribution >= 4 is 24.0 Å². The smallest absolute Gasteiger partial charge is 0.395 e. The van der Waals surface area contributed by atoms with E-state index in [-0.39, 0.29) is 44.8 Å². The molecule has 0 radical (unpaired) electrons. The van der Waals surface area contributed by atoms with E-state index in [0.29, 0.717) is 36.1 Å². The number of hydrogen-bond acceptors (Lipinski definition) is 9. The quantitative estimate of drug-likeness (QED) is 0.0970. The van der Waals surface area contributed by atoms with Gasteiger partial charge in [-0.05, 0) is 6.42 Å². The molecule has 34 heavy (non-hydrogen) atoms. The number of hydrazine groups is 1. The van der Waals surface area contributed by atoms with Crippen molar-refractivity contribution < 1.29 is 33.1 Å². The number of alkyl halides is 3. The van der Waals surface area contributed by atoms with Gasteiger partial charge in [0.1, 0.15) is 0 Å². The highest BCUT2D eigenvalue weighted by Crippen LogP contribution is 2.36. The Balaban J connectivity index is 2.26. The number of unbranched alkanes of at least 4 members (excludes halogenated alkanes) is 2. The number of carbonyl (C=O) groups is 2. The van der Waals surface area contributed by atoms with E-state index in [1.165, 1.54) is 4.90 Å². The van der Waals surface area contributed by atoms with Gasteiger partial charge < -0.3 is 10.0 Å². The fraction of sp³-hybridized carbons (Fsp3) is 0.700. The Morgan fingerprint density at radius 2 is 1.97 bits per heavy atom. The maximum atomic E-state index is 13.8. The third-order valence-electron chi connectivity index (χ3n) is 5.64. The number of hydrogen-bond donors (Lipinski definition) is 3. The number of aliphatic hydroxyl groups excluding tert-OH is 1. The highest BCUT2D eigenvalue weighted by atomic mass is 19.4. The van der Waals surface area contributed by atoms with E-state index in [0.717, 1.165) is 19.0 Å².